The van der Waals surface area contributed by atoms with E-state index < -0.39 is 310 Å². The third-order valence-corrected chi connectivity index (χ3v) is 35.7. The van der Waals surface area contributed by atoms with E-state index in [9.17, 15) is 75.6 Å². The van der Waals surface area contributed by atoms with Crippen molar-refractivity contribution < 1.29 is 128 Å². The third-order valence-electron chi connectivity index (χ3n) is 24.1. The Bertz CT molecular complexity index is 7380. The number of nitrogens with two attached hydrogens (primary N) is 2. The molecule has 0 aromatic carbocycles. The van der Waals surface area contributed by atoms with Crippen LogP contribution in [-0.2, 0) is 128 Å². The molecule has 7 fully saturated rings. The zero-order valence-electron chi connectivity index (χ0n) is 76.5. The Morgan fingerprint density at radius 1 is 0.359 bits per heavy atom. The molecule has 8 aliphatic rings. The number of fused-ring (bicyclic) bond motifs is 2. The summed E-state index contributed by atoms with van der Waals surface area (Å²) in [5, 5.41) is 2.83. The number of nitrogens with zero attached hydrogens (tertiary/aromatic N) is 11. The summed E-state index contributed by atoms with van der Waals surface area (Å²) >= 11 is 29.8. The first-order chi connectivity index (χ1) is 68.2. The van der Waals surface area contributed by atoms with Crippen molar-refractivity contribution in [3.05, 3.63) is 192 Å². The predicted octanol–water partition coefficient (Wildman–Crippen LogP) is 5.24. The summed E-state index contributed by atoms with van der Waals surface area (Å²) in [4.78, 5) is 173. The minimum Gasteiger partial charge on any atom is -0.369 e. The van der Waals surface area contributed by atoms with Gasteiger partial charge in [-0.1, -0.05) is 92.7 Å². The smallest absolute Gasteiger partial charge is 0.369 e. The van der Waals surface area contributed by atoms with Gasteiger partial charge in [-0.05, 0) is 41.0 Å². The van der Waals surface area contributed by atoms with Gasteiger partial charge in [0.15, 0.2) is 17.0 Å². The van der Waals surface area contributed by atoms with E-state index in [0.717, 1.165) is 48.7 Å². The highest BCUT2D eigenvalue weighted by atomic mass is 32.7. The Morgan fingerprint density at radius 2 is 0.607 bits per heavy atom. The molecule has 8 unspecified atom stereocenters. The van der Waals surface area contributed by atoms with Crippen LogP contribution in [0.15, 0.2) is 101 Å². The van der Waals surface area contributed by atoms with Crippen molar-refractivity contribution in [1.29, 1.82) is 0 Å². The second kappa shape index (κ2) is 44.6. The highest BCUT2D eigenvalue weighted by Gasteiger charge is 2.53. The molecule has 0 aliphatic carbocycles. The fourth-order valence-corrected chi connectivity index (χ4v) is 27.1. The van der Waals surface area contributed by atoms with Crippen LogP contribution in [0, 0.1) is 34.6 Å². The molecule has 0 spiro atoms. The number of nitrogen functional groups attached to an aromatic ring is 1. The number of hydrogen-bond donors (Lipinski definition) is 16. The topological polar surface area (TPSA) is 745 Å². The molecule has 8 aliphatic heterocycles. The first-order valence-electron chi connectivity index (χ1n) is 43.7. The lowest BCUT2D eigenvalue weighted by atomic mass is 10.1. The van der Waals surface area contributed by atoms with Crippen LogP contribution in [0.2, 0.25) is 0 Å². The van der Waals surface area contributed by atoms with Gasteiger partial charge in [0.25, 0.3) is 33.4 Å². The van der Waals surface area contributed by atoms with E-state index in [1.54, 1.807) is 6.92 Å². The van der Waals surface area contributed by atoms with Gasteiger partial charge in [-0.15, -0.1) is 0 Å². The minimum absolute atomic E-state index is 0.00658. The number of ether oxygens (including phenoxy) is 7. The molecule has 73 heteroatoms. The van der Waals surface area contributed by atoms with Crippen LogP contribution in [0.3, 0.4) is 0 Å². The van der Waals surface area contributed by atoms with Crippen molar-refractivity contribution in [2.24, 2.45) is 10.7 Å². The molecule has 16 rings (SSSR count). The van der Waals surface area contributed by atoms with Gasteiger partial charge in [0, 0.05) is 111 Å². The number of anilines is 1. The number of hydrogen-bond acceptors (Lipinski definition) is 46. The molecule has 8 aromatic heterocycles. The maximum atomic E-state index is 15.1. The van der Waals surface area contributed by atoms with Gasteiger partial charge in [-0.2, -0.15) is 4.98 Å². The van der Waals surface area contributed by atoms with Crippen LogP contribution < -0.4 is 78.6 Å². The maximum Gasteiger partial charge on any atom is 0.386 e. The minimum atomic E-state index is -4.97. The molecule has 0 bridgehead atoms. The Labute approximate surface area is 850 Å². The highest BCUT2D eigenvalue weighted by molar-refractivity contribution is 8.46. The van der Waals surface area contributed by atoms with Crippen molar-refractivity contribution in [1.82, 2.24) is 82.1 Å². The molecule has 0 saturated carbocycles. The normalized spacial score (nSPS) is 30.3. The molecule has 16 heterocycles. The van der Waals surface area contributed by atoms with Crippen LogP contribution in [0.1, 0.15) is 142 Å². The van der Waals surface area contributed by atoms with Crippen molar-refractivity contribution in [3.8, 4) is 0 Å². The first-order valence-corrected chi connectivity index (χ1v) is 62.6. The van der Waals surface area contributed by atoms with E-state index in [1.807, 2.05) is 0 Å². The number of nitrogens with one attached hydrogen (secondary N) is 7. The maximum absolute atomic E-state index is 15.1. The van der Waals surface area contributed by atoms with Crippen molar-refractivity contribution in [2.45, 2.75) is 228 Å². The molecular formula is C72H97N20O39P7S7. The second-order valence-corrected chi connectivity index (χ2v) is 54.4. The van der Waals surface area contributed by atoms with Crippen LogP contribution in [0.4, 0.5) is 11.8 Å². The average molecular weight is 2310 g/mol. The fraction of sp³-hybridized carbons (Fsp3) is 0.597. The van der Waals surface area contributed by atoms with Gasteiger partial charge in [-0.25, -0.2) is 70.9 Å². The summed E-state index contributed by atoms with van der Waals surface area (Å²) in [6, 6.07) is 0. The number of aromatic amines is 6. The lowest BCUT2D eigenvalue weighted by molar-refractivity contribution is -0.0537. The lowest BCUT2D eigenvalue weighted by Crippen LogP contribution is -2.33. The van der Waals surface area contributed by atoms with Crippen molar-refractivity contribution in [2.75, 3.05) is 52.5 Å². The Kier molecular flexibility index (Phi) is 34.2. The number of imidazole rings is 2. The zero-order valence-corrected chi connectivity index (χ0v) is 89.0. The Balaban J connectivity index is 0.609. The number of aromatic nitrogens is 16. The quantitative estimate of drug-likeness (QED) is 0.0172. The second-order valence-electron chi connectivity index (χ2n) is 34.1. The van der Waals surface area contributed by atoms with E-state index in [0.29, 0.717) is 11.5 Å². The summed E-state index contributed by atoms with van der Waals surface area (Å²) < 4.78 is 236. The third kappa shape index (κ3) is 26.3. The standard InChI is InChI=1S/C72H97N20O39P7S7/c1-8-35-36(9-49(118-35)86-16-30(2)61(93)81-68(86)99)126-133(105,140)112-22-44-38(10-50(119-44)87-17-31(3)62(94)82-69(87)100)128-135(107,142)114-24-46-41(13-53(121-46)90-20-34(6)65(97)85-72(90)103)130-137(109,144)117-26-48-42(15-55(124-48)92-29-78-57-60(92)79-67(74)80-66(57)98)131-138(110,145)116-25-47-40(12-52(122-47)89-19-33(5)64(96)84-71(89)102)129-136(108,143)115-23-45-39(11-51(120-45)88-18-32(4)63(95)83-70(88)101)127-134(106,141)113-21-43-37(125-132(104,139)111-7)14-54(123-43)91-28-77-56-58(73)75-27-76-59(56)91/h16-20,27-29,35-55,58H,8-15,21-26,73H2,1-7H3,(H,75,76)(H,104,139)(H,105,140)(H,106,141)(H,107,142)(H,108,143)(H,109,144)(H,110,145)(H,81,93,99)(H,82,94,100)(H,83,95,101)(H,84,96,102)(H,85,97,103)(H3,74,79,80,98)/t35-,36-,37-,38-,39-,40-,41-,42-,43-,44-,45-,46-,47-,48-,49-,50-,51-,52-,53-,54-,55-,58?,132?,133?,134?,135?,136?,137?,138?/m1/s1. The SMILES string of the molecule is CC[C@H]1O[C@@H](n2cc(C)c(=O)[nH]c2=O)C[C@H]1OP(=O)(S)OC[C@H]1O[C@@H](n2cc(C)c(=O)[nH]c2=O)C[C@H]1OP(=O)(S)OC[C@H]1O[C@@H](n2cc(C)c(=O)[nH]c2=O)C[C@H]1OP(=O)(S)OC[C@H]1O[C@@H](n2cnc3c(=O)[nH]c(N)nc32)C[C@H]1OP(=O)(S)OC[C@H]1O[C@@H](n2cc(C)c(=O)[nH]c2=O)C[C@H]1OP(=O)(S)OC[C@H]1O[C@@H](n2cc(C)c(=O)[nH]c2=O)C[C@H]1OP(=O)(S)OC[C@H]1O[C@@H](n2cnc3c2N=CNC3N)C[C@H]1OP(=O)(S)OC. The van der Waals surface area contributed by atoms with E-state index in [-0.39, 0.29) is 70.6 Å². The Morgan fingerprint density at radius 3 is 0.883 bits per heavy atom. The molecule has 0 amide bonds. The zero-order chi connectivity index (χ0) is 105. The Hall–Kier alpha value is -6.59. The molecule has 0 radical (unpaired) electrons. The molecule has 29 atom stereocenters. The fourth-order valence-electron chi connectivity index (χ4n) is 16.9. The van der Waals surface area contributed by atoms with Gasteiger partial charge in [-0.3, -0.25) is 149 Å². The summed E-state index contributed by atoms with van der Waals surface area (Å²) in [5.74, 6) is -0.0616. The molecule has 7 saturated heterocycles. The van der Waals surface area contributed by atoms with E-state index >= 15 is 9.13 Å². The highest BCUT2D eigenvalue weighted by Crippen LogP contribution is 2.65. The van der Waals surface area contributed by atoms with Gasteiger partial charge < -0.3 is 54.5 Å². The van der Waals surface area contributed by atoms with E-state index in [1.165, 1.54) is 75.0 Å². The number of aryl methyl sites for hydroxylation is 5. The number of rotatable bonds is 41. The monoisotopic (exact) mass is 2310 g/mol. The molecule has 145 heavy (non-hydrogen) atoms. The predicted molar refractivity (Wildman–Crippen MR) is 526 cm³/mol. The molecule has 796 valence electrons. The van der Waals surface area contributed by atoms with Crippen molar-refractivity contribution >= 4 is 163 Å². The van der Waals surface area contributed by atoms with Gasteiger partial charge in [0.1, 0.15) is 129 Å². The number of H-pyrrole nitrogens is 6. The number of aliphatic imine (C=N–C) groups is 1. The first kappa shape index (κ1) is 111. The van der Waals surface area contributed by atoms with Crippen LogP contribution >= 0.6 is 133 Å². The van der Waals surface area contributed by atoms with Crippen LogP contribution in [0.5, 0.6) is 0 Å². The van der Waals surface area contributed by atoms with E-state index in [2.05, 4.69) is 141 Å². The summed E-state index contributed by atoms with van der Waals surface area (Å²) in [6.07, 6.45) is -21.6. The van der Waals surface area contributed by atoms with Crippen LogP contribution in [0.25, 0.3) is 11.2 Å². The van der Waals surface area contributed by atoms with Gasteiger partial charge >= 0.3 is 76.0 Å². The molecule has 8 aromatic rings. The molecule has 11 N–H and O–H groups in total. The van der Waals surface area contributed by atoms with Gasteiger partial charge in [0.05, 0.1) is 70.8 Å². The molecule has 59 nitrogen and oxygen atoms in total. The van der Waals surface area contributed by atoms with E-state index in [4.69, 9.17) is 108 Å². The lowest BCUT2D eigenvalue weighted by Gasteiger charge is -2.27. The summed E-state index contributed by atoms with van der Waals surface area (Å²) in [6.45, 7) is -29.3. The summed E-state index contributed by atoms with van der Waals surface area (Å²) in [5.41, 5.74) is 3.26. The van der Waals surface area contributed by atoms with Crippen LogP contribution in [-0.4, -0.2) is 215 Å². The van der Waals surface area contributed by atoms with Crippen molar-refractivity contribution in [3.63, 3.8) is 0 Å². The van der Waals surface area contributed by atoms with Gasteiger partial charge in [0.2, 0.25) is 5.95 Å². The summed E-state index contributed by atoms with van der Waals surface area (Å²) in [7, 11) is 1.09. The molecular weight excluding hydrogens is 2210 g/mol. The largest absolute Gasteiger partial charge is 0.386 e. The number of thiol groups is 7. The average Bonchev–Trinajstić information content (AvgIpc) is 1.62.